The third kappa shape index (κ3) is 6.57. The van der Waals surface area contributed by atoms with Gasteiger partial charge in [-0.3, -0.25) is 0 Å². The summed E-state index contributed by atoms with van der Waals surface area (Å²) in [7, 11) is 3.36. The third-order valence-electron chi connectivity index (χ3n) is 5.13. The van der Waals surface area contributed by atoms with Gasteiger partial charge in [-0.1, -0.05) is 30.3 Å². The van der Waals surface area contributed by atoms with Crippen molar-refractivity contribution in [2.75, 3.05) is 20.2 Å². The molecule has 1 amide bonds. The van der Waals surface area contributed by atoms with E-state index in [1.54, 1.807) is 4.90 Å². The van der Waals surface area contributed by atoms with E-state index in [4.69, 9.17) is 9.73 Å². The summed E-state index contributed by atoms with van der Waals surface area (Å²) >= 11 is 0. The molecule has 2 N–H and O–H groups in total. The van der Waals surface area contributed by atoms with Crippen molar-refractivity contribution in [2.24, 2.45) is 12.0 Å². The molecule has 3 rings (SSSR count). The van der Waals surface area contributed by atoms with Gasteiger partial charge in [0.15, 0.2) is 11.8 Å². The molecule has 0 aliphatic carbocycles. The number of methoxy groups -OCH3 is 1. The molecular formula is C20H30IN7O2. The highest BCUT2D eigenvalue weighted by atomic mass is 127. The Bertz CT molecular complexity index is 833. The minimum atomic E-state index is -0.266. The molecular weight excluding hydrogens is 497 g/mol. The van der Waals surface area contributed by atoms with Crippen LogP contribution in [-0.2, 0) is 24.9 Å². The number of nitrogens with zero attached hydrogens (tertiary/aromatic N) is 5. The molecule has 0 spiro atoms. The van der Waals surface area contributed by atoms with Crippen molar-refractivity contribution in [1.29, 1.82) is 0 Å². The quantitative estimate of drug-likeness (QED) is 0.352. The average Bonchev–Trinajstić information content (AvgIpc) is 3.08. The second kappa shape index (κ2) is 11.7. The number of hydrogen-bond donors (Lipinski definition) is 2. The van der Waals surface area contributed by atoms with Gasteiger partial charge in [-0.2, -0.15) is 0 Å². The minimum Gasteiger partial charge on any atom is -0.453 e. The smallest absolute Gasteiger partial charge is 0.409 e. The fraction of sp³-hybridized carbons (Fsp3) is 0.500. The molecule has 1 aromatic carbocycles. The number of piperidine rings is 1. The van der Waals surface area contributed by atoms with Crippen LogP contribution in [0.2, 0.25) is 0 Å². The third-order valence-corrected chi connectivity index (χ3v) is 5.13. The number of carbonyl (C=O) groups excluding carboxylic acids is 1. The summed E-state index contributed by atoms with van der Waals surface area (Å²) in [5.41, 5.74) is 1.14. The minimum absolute atomic E-state index is 0. The van der Waals surface area contributed by atoms with Gasteiger partial charge in [0.2, 0.25) is 0 Å². The number of carbonyl (C=O) groups is 1. The van der Waals surface area contributed by atoms with E-state index in [1.807, 2.05) is 36.7 Å². The molecule has 0 unspecified atom stereocenters. The molecule has 30 heavy (non-hydrogen) atoms. The number of guanidine groups is 1. The number of aromatic nitrogens is 3. The molecule has 10 heteroatoms. The molecule has 0 atom stereocenters. The van der Waals surface area contributed by atoms with E-state index in [0.29, 0.717) is 26.2 Å². The molecule has 1 saturated heterocycles. The highest BCUT2D eigenvalue weighted by molar-refractivity contribution is 14.0. The van der Waals surface area contributed by atoms with E-state index < -0.39 is 0 Å². The normalized spacial score (nSPS) is 14.8. The molecule has 9 nitrogen and oxygen atoms in total. The van der Waals surface area contributed by atoms with E-state index in [1.165, 1.54) is 7.11 Å². The van der Waals surface area contributed by atoms with Crippen LogP contribution in [0.3, 0.4) is 0 Å². The largest absolute Gasteiger partial charge is 0.453 e. The lowest BCUT2D eigenvalue weighted by atomic mass is 10.1. The van der Waals surface area contributed by atoms with Crippen molar-refractivity contribution in [3.8, 4) is 0 Å². The maximum absolute atomic E-state index is 11.7. The Morgan fingerprint density at radius 3 is 2.53 bits per heavy atom. The summed E-state index contributed by atoms with van der Waals surface area (Å²) in [5, 5.41) is 15.2. The molecule has 2 heterocycles. The van der Waals surface area contributed by atoms with Gasteiger partial charge in [-0.15, -0.1) is 34.2 Å². The zero-order chi connectivity index (χ0) is 20.6. The molecule has 0 saturated carbocycles. The van der Waals surface area contributed by atoms with Crippen LogP contribution in [0.15, 0.2) is 35.3 Å². The summed E-state index contributed by atoms with van der Waals surface area (Å²) < 4.78 is 6.76. The molecule has 164 valence electrons. The predicted molar refractivity (Wildman–Crippen MR) is 126 cm³/mol. The van der Waals surface area contributed by atoms with Crippen molar-refractivity contribution in [1.82, 2.24) is 30.3 Å². The Balaban J connectivity index is 0.00000320. The van der Waals surface area contributed by atoms with E-state index in [0.717, 1.165) is 36.0 Å². The first-order valence-corrected chi connectivity index (χ1v) is 9.83. The second-order valence-corrected chi connectivity index (χ2v) is 7.10. The number of halogens is 1. The lowest BCUT2D eigenvalue weighted by Gasteiger charge is -2.32. The Labute approximate surface area is 194 Å². The number of amides is 1. The van der Waals surface area contributed by atoms with Gasteiger partial charge in [-0.25, -0.2) is 9.79 Å². The number of nitrogens with one attached hydrogen (secondary N) is 2. The molecule has 1 aliphatic rings. The van der Waals surface area contributed by atoms with Crippen LogP contribution in [0.1, 0.15) is 30.1 Å². The van der Waals surface area contributed by atoms with Gasteiger partial charge in [0.05, 0.1) is 20.2 Å². The summed E-state index contributed by atoms with van der Waals surface area (Å²) in [4.78, 5) is 18.2. The SMILES string of the molecule is COC(=O)N1CCC(NC(=NCc2ccccc2)NCc2nnc(C)n2C)CC1.I. The van der Waals surface area contributed by atoms with Crippen LogP contribution in [0.25, 0.3) is 0 Å². The van der Waals surface area contributed by atoms with E-state index in [9.17, 15) is 4.79 Å². The maximum atomic E-state index is 11.7. The summed E-state index contributed by atoms with van der Waals surface area (Å²) in [6.45, 7) is 4.36. The molecule has 1 fully saturated rings. The number of likely N-dealkylation sites (tertiary alicyclic amines) is 1. The zero-order valence-electron chi connectivity index (χ0n) is 17.7. The molecule has 1 aliphatic heterocycles. The van der Waals surface area contributed by atoms with Crippen LogP contribution in [0, 0.1) is 6.92 Å². The Kier molecular flexibility index (Phi) is 9.34. The van der Waals surface area contributed by atoms with Crippen LogP contribution < -0.4 is 10.6 Å². The first-order valence-electron chi connectivity index (χ1n) is 9.83. The van der Waals surface area contributed by atoms with Gasteiger partial charge < -0.3 is 24.8 Å². The predicted octanol–water partition coefficient (Wildman–Crippen LogP) is 2.21. The highest BCUT2D eigenvalue weighted by Gasteiger charge is 2.23. The molecule has 2 aromatic rings. The zero-order valence-corrected chi connectivity index (χ0v) is 20.0. The Hall–Kier alpha value is -2.37. The van der Waals surface area contributed by atoms with Crippen LogP contribution in [-0.4, -0.2) is 58.0 Å². The first kappa shape index (κ1) is 23.9. The number of hydrogen-bond acceptors (Lipinski definition) is 5. The number of benzene rings is 1. The topological polar surface area (TPSA) is 96.7 Å². The van der Waals surface area contributed by atoms with Crippen LogP contribution in [0.5, 0.6) is 0 Å². The number of aryl methyl sites for hydroxylation is 1. The van der Waals surface area contributed by atoms with E-state index >= 15 is 0 Å². The monoisotopic (exact) mass is 527 g/mol. The van der Waals surface area contributed by atoms with Crippen molar-refractivity contribution in [2.45, 2.75) is 38.9 Å². The first-order chi connectivity index (χ1) is 14.1. The van der Waals surface area contributed by atoms with Gasteiger partial charge >= 0.3 is 6.09 Å². The van der Waals surface area contributed by atoms with E-state index in [2.05, 4.69) is 33.0 Å². The van der Waals surface area contributed by atoms with Crippen molar-refractivity contribution in [3.05, 3.63) is 47.5 Å². The van der Waals surface area contributed by atoms with Gasteiger partial charge in [0.1, 0.15) is 5.82 Å². The van der Waals surface area contributed by atoms with E-state index in [-0.39, 0.29) is 36.1 Å². The number of ether oxygens (including phenoxy) is 1. The van der Waals surface area contributed by atoms with Crippen molar-refractivity contribution >= 4 is 36.0 Å². The highest BCUT2D eigenvalue weighted by Crippen LogP contribution is 2.11. The van der Waals surface area contributed by atoms with Gasteiger partial charge in [0, 0.05) is 26.2 Å². The van der Waals surface area contributed by atoms with Gasteiger partial charge in [-0.05, 0) is 25.3 Å². The van der Waals surface area contributed by atoms with Gasteiger partial charge in [0.25, 0.3) is 0 Å². The Morgan fingerprint density at radius 1 is 1.23 bits per heavy atom. The average molecular weight is 527 g/mol. The summed E-state index contributed by atoms with van der Waals surface area (Å²) in [6.07, 6.45) is 1.41. The number of rotatable bonds is 5. The second-order valence-electron chi connectivity index (χ2n) is 7.10. The molecule has 0 radical (unpaired) electrons. The van der Waals surface area contributed by atoms with Crippen molar-refractivity contribution in [3.63, 3.8) is 0 Å². The standard InChI is InChI=1S/C20H29N7O2.HI/c1-15-24-25-18(26(15)2)14-22-19(21-13-16-7-5-4-6-8-16)23-17-9-11-27(12-10-17)20(28)29-3;/h4-8,17H,9-14H2,1-3H3,(H2,21,22,23);1H. The van der Waals surface area contributed by atoms with Crippen molar-refractivity contribution < 1.29 is 9.53 Å². The van der Waals surface area contributed by atoms with Crippen LogP contribution >= 0.6 is 24.0 Å². The lowest BCUT2D eigenvalue weighted by molar-refractivity contribution is 0.111. The van der Waals surface area contributed by atoms with Crippen LogP contribution in [0.4, 0.5) is 4.79 Å². The Morgan fingerprint density at radius 2 is 1.93 bits per heavy atom. The summed E-state index contributed by atoms with van der Waals surface area (Å²) in [6, 6.07) is 10.4. The fourth-order valence-corrected chi connectivity index (χ4v) is 3.20. The lowest BCUT2D eigenvalue weighted by Crippen LogP contribution is -2.49. The summed E-state index contributed by atoms with van der Waals surface area (Å²) in [5.74, 6) is 2.44. The number of aliphatic imine (C=N–C) groups is 1. The fourth-order valence-electron chi connectivity index (χ4n) is 3.20. The maximum Gasteiger partial charge on any atom is 0.409 e. The molecule has 0 bridgehead atoms. The molecule has 1 aromatic heterocycles.